The van der Waals surface area contributed by atoms with Gasteiger partial charge in [0.25, 0.3) is 0 Å². The molecule has 1 aromatic heterocycles. The van der Waals surface area contributed by atoms with Crippen molar-refractivity contribution in [3.8, 4) is 0 Å². The van der Waals surface area contributed by atoms with Crippen LogP contribution in [0.3, 0.4) is 0 Å². The highest BCUT2D eigenvalue weighted by atomic mass is 79.9. The highest BCUT2D eigenvalue weighted by Crippen LogP contribution is 2.22. The van der Waals surface area contributed by atoms with Crippen LogP contribution in [0.25, 0.3) is 0 Å². The highest BCUT2D eigenvalue weighted by molar-refractivity contribution is 9.10. The van der Waals surface area contributed by atoms with E-state index in [1.54, 1.807) is 0 Å². The molecule has 1 saturated carbocycles. The Bertz CT molecular complexity index is 344. The Kier molecular flexibility index (Phi) is 4.22. The first kappa shape index (κ1) is 11.9. The summed E-state index contributed by atoms with van der Waals surface area (Å²) in [4.78, 5) is 4.54. The second kappa shape index (κ2) is 5.67. The maximum atomic E-state index is 4.54. The molecule has 0 unspecified atom stereocenters. The molecule has 0 aliphatic heterocycles. The molecule has 0 spiro atoms. The Labute approximate surface area is 106 Å². The lowest BCUT2D eigenvalue weighted by atomic mass is 10.1. The van der Waals surface area contributed by atoms with Gasteiger partial charge in [-0.3, -0.25) is 0 Å². The van der Waals surface area contributed by atoms with Gasteiger partial charge in [-0.15, -0.1) is 0 Å². The Morgan fingerprint density at radius 2 is 1.88 bits per heavy atom. The lowest BCUT2D eigenvalue weighted by Crippen LogP contribution is -2.19. The molecule has 0 atom stereocenters. The van der Waals surface area contributed by atoms with Crippen LogP contribution < -0.4 is 5.32 Å². The maximum absolute atomic E-state index is 4.54. The molecule has 0 bridgehead atoms. The van der Waals surface area contributed by atoms with Gasteiger partial charge in [0, 0.05) is 10.5 Å². The topological polar surface area (TPSA) is 24.9 Å². The van der Waals surface area contributed by atoms with E-state index in [-0.39, 0.29) is 0 Å². The quantitative estimate of drug-likeness (QED) is 0.819. The molecule has 2 rings (SSSR count). The summed E-state index contributed by atoms with van der Waals surface area (Å²) in [5.41, 5.74) is 1.05. The van der Waals surface area contributed by atoms with Gasteiger partial charge in [0.1, 0.15) is 5.82 Å². The number of hydrogen-bond acceptors (Lipinski definition) is 2. The van der Waals surface area contributed by atoms with Crippen molar-refractivity contribution in [1.82, 2.24) is 4.98 Å². The first-order valence-electron chi connectivity index (χ1n) is 6.15. The van der Waals surface area contributed by atoms with Crippen molar-refractivity contribution in [2.24, 2.45) is 0 Å². The smallest absolute Gasteiger partial charge is 0.126 e. The van der Waals surface area contributed by atoms with Crippen molar-refractivity contribution >= 4 is 21.7 Å². The van der Waals surface area contributed by atoms with Gasteiger partial charge in [0.15, 0.2) is 0 Å². The third-order valence-electron chi connectivity index (χ3n) is 3.23. The summed E-state index contributed by atoms with van der Waals surface area (Å²) in [6.07, 6.45) is 8.07. The van der Waals surface area contributed by atoms with Crippen molar-refractivity contribution in [2.45, 2.75) is 51.5 Å². The van der Waals surface area contributed by atoms with Crippen LogP contribution >= 0.6 is 15.9 Å². The molecular weight excluding hydrogens is 264 g/mol. The maximum Gasteiger partial charge on any atom is 0.126 e. The van der Waals surface area contributed by atoms with Crippen molar-refractivity contribution < 1.29 is 0 Å². The van der Waals surface area contributed by atoms with E-state index >= 15 is 0 Å². The number of aryl methyl sites for hydroxylation is 1. The summed E-state index contributed by atoms with van der Waals surface area (Å²) in [7, 11) is 0. The van der Waals surface area contributed by atoms with Gasteiger partial charge in [-0.1, -0.05) is 25.7 Å². The van der Waals surface area contributed by atoms with E-state index in [1.807, 2.05) is 6.92 Å². The average molecular weight is 283 g/mol. The molecule has 1 fully saturated rings. The average Bonchev–Trinajstić information content (AvgIpc) is 2.52. The van der Waals surface area contributed by atoms with E-state index in [0.29, 0.717) is 6.04 Å². The van der Waals surface area contributed by atoms with Crippen molar-refractivity contribution in [3.63, 3.8) is 0 Å². The number of nitrogens with zero attached hydrogens (tertiary/aromatic N) is 1. The fraction of sp³-hybridized carbons (Fsp3) is 0.615. The molecule has 0 radical (unpaired) electrons. The van der Waals surface area contributed by atoms with Crippen LogP contribution in [0.5, 0.6) is 0 Å². The van der Waals surface area contributed by atoms with E-state index in [0.717, 1.165) is 16.0 Å². The molecule has 0 saturated heterocycles. The largest absolute Gasteiger partial charge is 0.367 e. The number of nitrogens with one attached hydrogen (secondary N) is 1. The predicted octanol–water partition coefficient (Wildman–Crippen LogP) is 4.29. The Morgan fingerprint density at radius 3 is 2.50 bits per heavy atom. The second-order valence-corrected chi connectivity index (χ2v) is 5.45. The first-order valence-corrected chi connectivity index (χ1v) is 6.95. The zero-order valence-corrected chi connectivity index (χ0v) is 11.4. The van der Waals surface area contributed by atoms with Crippen LogP contribution in [0.15, 0.2) is 16.6 Å². The fourth-order valence-corrected chi connectivity index (χ4v) is 2.48. The minimum Gasteiger partial charge on any atom is -0.367 e. The zero-order chi connectivity index (χ0) is 11.4. The van der Waals surface area contributed by atoms with Crippen LogP contribution in [0.2, 0.25) is 0 Å². The first-order chi connectivity index (χ1) is 7.75. The van der Waals surface area contributed by atoms with Gasteiger partial charge in [0.05, 0.1) is 5.69 Å². The SMILES string of the molecule is Cc1nc(NC2CCCCCC2)ccc1Br. The molecule has 2 nitrogen and oxygen atoms in total. The number of hydrogen-bond donors (Lipinski definition) is 1. The Morgan fingerprint density at radius 1 is 1.19 bits per heavy atom. The van der Waals surface area contributed by atoms with Crippen LogP contribution in [0.4, 0.5) is 5.82 Å². The Balaban J connectivity index is 1.99. The van der Waals surface area contributed by atoms with Gasteiger partial charge in [-0.2, -0.15) is 0 Å². The molecule has 16 heavy (non-hydrogen) atoms. The predicted molar refractivity (Wildman–Crippen MR) is 71.8 cm³/mol. The van der Waals surface area contributed by atoms with Gasteiger partial charge >= 0.3 is 0 Å². The summed E-state index contributed by atoms with van der Waals surface area (Å²) in [6, 6.07) is 4.75. The summed E-state index contributed by atoms with van der Waals surface area (Å²) >= 11 is 3.48. The van der Waals surface area contributed by atoms with E-state index in [4.69, 9.17) is 0 Å². The highest BCUT2D eigenvalue weighted by Gasteiger charge is 2.12. The number of pyridine rings is 1. The number of anilines is 1. The van der Waals surface area contributed by atoms with Crippen LogP contribution in [-0.2, 0) is 0 Å². The molecule has 88 valence electrons. The number of halogens is 1. The summed E-state index contributed by atoms with van der Waals surface area (Å²) in [5, 5.41) is 3.56. The van der Waals surface area contributed by atoms with Crippen LogP contribution in [0.1, 0.15) is 44.2 Å². The molecule has 1 heterocycles. The fourth-order valence-electron chi connectivity index (χ4n) is 2.26. The minimum atomic E-state index is 0.621. The van der Waals surface area contributed by atoms with Gasteiger partial charge in [-0.25, -0.2) is 4.98 Å². The number of aromatic nitrogens is 1. The molecule has 1 aliphatic carbocycles. The standard InChI is InChI=1S/C13H19BrN2/c1-10-12(14)8-9-13(15-10)16-11-6-4-2-3-5-7-11/h8-9,11H,2-7H2,1H3,(H,15,16). The third-order valence-corrected chi connectivity index (χ3v) is 4.07. The summed E-state index contributed by atoms with van der Waals surface area (Å²) in [5.74, 6) is 1.02. The van der Waals surface area contributed by atoms with E-state index in [2.05, 4.69) is 38.4 Å². The lowest BCUT2D eigenvalue weighted by molar-refractivity contribution is 0.617. The van der Waals surface area contributed by atoms with E-state index < -0.39 is 0 Å². The van der Waals surface area contributed by atoms with Gasteiger partial charge in [-0.05, 0) is 47.8 Å². The van der Waals surface area contributed by atoms with Gasteiger partial charge < -0.3 is 5.32 Å². The lowest BCUT2D eigenvalue weighted by Gasteiger charge is -2.17. The molecule has 1 aromatic rings. The monoisotopic (exact) mass is 282 g/mol. The molecule has 0 amide bonds. The summed E-state index contributed by atoms with van der Waals surface area (Å²) in [6.45, 7) is 2.03. The third kappa shape index (κ3) is 3.21. The van der Waals surface area contributed by atoms with Gasteiger partial charge in [0.2, 0.25) is 0 Å². The zero-order valence-electron chi connectivity index (χ0n) is 9.80. The molecule has 1 N–H and O–H groups in total. The van der Waals surface area contributed by atoms with Crippen molar-refractivity contribution in [2.75, 3.05) is 5.32 Å². The number of rotatable bonds is 2. The van der Waals surface area contributed by atoms with Crippen molar-refractivity contribution in [3.05, 3.63) is 22.3 Å². The molecule has 1 aliphatic rings. The van der Waals surface area contributed by atoms with Crippen molar-refractivity contribution in [1.29, 1.82) is 0 Å². The second-order valence-electron chi connectivity index (χ2n) is 4.60. The summed E-state index contributed by atoms with van der Waals surface area (Å²) < 4.78 is 1.08. The van der Waals surface area contributed by atoms with Crippen LogP contribution in [-0.4, -0.2) is 11.0 Å². The minimum absolute atomic E-state index is 0.621. The molecular formula is C13H19BrN2. The Hall–Kier alpha value is -0.570. The molecule has 0 aromatic carbocycles. The van der Waals surface area contributed by atoms with E-state index in [9.17, 15) is 0 Å². The molecule has 3 heteroatoms. The van der Waals surface area contributed by atoms with Crippen LogP contribution in [0, 0.1) is 6.92 Å². The van der Waals surface area contributed by atoms with E-state index in [1.165, 1.54) is 38.5 Å². The normalized spacial score (nSPS) is 18.1.